The molecule has 5 rings (SSSR count). The predicted molar refractivity (Wildman–Crippen MR) is 99.7 cm³/mol. The van der Waals surface area contributed by atoms with Crippen molar-refractivity contribution in [2.45, 2.75) is 49.7 Å². The molecule has 2 N–H and O–H groups in total. The molecule has 7 nitrogen and oxygen atoms in total. The number of β-amino-alcohol motifs (C(OH)–C–C–N with tert-alkyl or cyclic N) is 1. The van der Waals surface area contributed by atoms with Gasteiger partial charge in [-0.2, -0.15) is 4.98 Å². The van der Waals surface area contributed by atoms with Crippen LogP contribution in [0.5, 0.6) is 0 Å². The van der Waals surface area contributed by atoms with Crippen LogP contribution in [-0.2, 0) is 4.74 Å². The average molecular weight is 359 g/mol. The standard InChI is InChI=1S/C19H29N5O2/c25-15-10-23(11-15)18-21-16(14-3-8-26-12-14)9-17(22-18)20-13-19-4-1-6-24(19)7-2-5-19/h9,14-15,25H,1-8,10-13H2,(H,20,21,22)/t14-/m0/s1. The zero-order valence-electron chi connectivity index (χ0n) is 15.4. The third kappa shape index (κ3) is 2.96. The van der Waals surface area contributed by atoms with Gasteiger partial charge < -0.3 is 20.1 Å². The van der Waals surface area contributed by atoms with Crippen molar-refractivity contribution in [2.75, 3.05) is 56.2 Å². The van der Waals surface area contributed by atoms with Gasteiger partial charge in [-0.25, -0.2) is 4.98 Å². The second-order valence-corrected chi connectivity index (χ2v) is 8.37. The van der Waals surface area contributed by atoms with Gasteiger partial charge in [0.15, 0.2) is 0 Å². The zero-order valence-corrected chi connectivity index (χ0v) is 15.4. The molecule has 1 aromatic heterocycles. The van der Waals surface area contributed by atoms with Crippen LogP contribution >= 0.6 is 0 Å². The molecular formula is C19H29N5O2. The van der Waals surface area contributed by atoms with E-state index >= 15 is 0 Å². The molecule has 0 amide bonds. The lowest BCUT2D eigenvalue weighted by molar-refractivity contribution is 0.140. The summed E-state index contributed by atoms with van der Waals surface area (Å²) in [5, 5.41) is 13.3. The number of nitrogens with zero attached hydrogens (tertiary/aromatic N) is 4. The molecule has 1 aromatic rings. The molecule has 0 radical (unpaired) electrons. The van der Waals surface area contributed by atoms with Crippen molar-refractivity contribution in [3.8, 4) is 0 Å². The van der Waals surface area contributed by atoms with Crippen molar-refractivity contribution in [1.29, 1.82) is 0 Å². The summed E-state index contributed by atoms with van der Waals surface area (Å²) in [6, 6.07) is 2.12. The van der Waals surface area contributed by atoms with Crippen LogP contribution in [0.25, 0.3) is 0 Å². The fourth-order valence-electron chi connectivity index (χ4n) is 5.05. The maximum atomic E-state index is 9.64. The Hall–Kier alpha value is -1.44. The normalized spacial score (nSPS) is 28.3. The topological polar surface area (TPSA) is 73.8 Å². The monoisotopic (exact) mass is 359 g/mol. The zero-order chi connectivity index (χ0) is 17.6. The molecule has 0 saturated carbocycles. The van der Waals surface area contributed by atoms with E-state index in [0.29, 0.717) is 24.5 Å². The first-order valence-electron chi connectivity index (χ1n) is 10.1. The summed E-state index contributed by atoms with van der Waals surface area (Å²) in [6.45, 7) is 6.26. The minimum absolute atomic E-state index is 0.252. The molecule has 4 fully saturated rings. The number of anilines is 2. The highest BCUT2D eigenvalue weighted by atomic mass is 16.5. The van der Waals surface area contributed by atoms with E-state index in [1.807, 2.05) is 0 Å². The molecule has 4 saturated heterocycles. The van der Waals surface area contributed by atoms with Crippen LogP contribution < -0.4 is 10.2 Å². The van der Waals surface area contributed by atoms with E-state index in [2.05, 4.69) is 21.2 Å². The maximum absolute atomic E-state index is 9.64. The number of aromatic nitrogens is 2. The SMILES string of the molecule is OC1CN(c2nc(NCC34CCCN3CCC4)cc([C@H]3CCOC3)n2)C1. The lowest BCUT2D eigenvalue weighted by atomic mass is 9.94. The number of rotatable bonds is 5. The van der Waals surface area contributed by atoms with E-state index in [1.165, 1.54) is 38.8 Å². The van der Waals surface area contributed by atoms with Gasteiger partial charge in [0, 0.05) is 43.8 Å². The Labute approximate surface area is 154 Å². The highest BCUT2D eigenvalue weighted by Gasteiger charge is 2.44. The molecular weight excluding hydrogens is 330 g/mol. The summed E-state index contributed by atoms with van der Waals surface area (Å²) < 4.78 is 5.57. The third-order valence-corrected chi connectivity index (χ3v) is 6.64. The minimum Gasteiger partial charge on any atom is -0.389 e. The Balaban J connectivity index is 1.36. The van der Waals surface area contributed by atoms with Gasteiger partial charge in [0.25, 0.3) is 0 Å². The van der Waals surface area contributed by atoms with Crippen molar-refractivity contribution >= 4 is 11.8 Å². The van der Waals surface area contributed by atoms with Gasteiger partial charge in [0.1, 0.15) is 5.82 Å². The second-order valence-electron chi connectivity index (χ2n) is 8.37. The summed E-state index contributed by atoms with van der Waals surface area (Å²) in [4.78, 5) is 14.3. The average Bonchev–Trinajstić information content (AvgIpc) is 3.33. The fourth-order valence-corrected chi connectivity index (χ4v) is 5.05. The quantitative estimate of drug-likeness (QED) is 0.818. The first kappa shape index (κ1) is 16.7. The highest BCUT2D eigenvalue weighted by Crippen LogP contribution is 2.39. The largest absolute Gasteiger partial charge is 0.389 e. The summed E-state index contributed by atoms with van der Waals surface area (Å²) >= 11 is 0. The Morgan fingerprint density at radius 2 is 2.04 bits per heavy atom. The minimum atomic E-state index is -0.252. The van der Waals surface area contributed by atoms with E-state index in [9.17, 15) is 5.11 Å². The van der Waals surface area contributed by atoms with Crippen molar-refractivity contribution < 1.29 is 9.84 Å². The molecule has 7 heteroatoms. The molecule has 5 heterocycles. The molecule has 0 aromatic carbocycles. The first-order valence-corrected chi connectivity index (χ1v) is 10.1. The van der Waals surface area contributed by atoms with Gasteiger partial charge >= 0.3 is 0 Å². The van der Waals surface area contributed by atoms with Gasteiger partial charge in [0.2, 0.25) is 5.95 Å². The Morgan fingerprint density at radius 3 is 2.73 bits per heavy atom. The van der Waals surface area contributed by atoms with E-state index in [0.717, 1.165) is 43.6 Å². The smallest absolute Gasteiger partial charge is 0.227 e. The van der Waals surface area contributed by atoms with Crippen LogP contribution in [0.2, 0.25) is 0 Å². The molecule has 0 bridgehead atoms. The van der Waals surface area contributed by atoms with Gasteiger partial charge in [-0.3, -0.25) is 4.90 Å². The number of hydrogen-bond acceptors (Lipinski definition) is 7. The molecule has 1 atom stereocenters. The number of aliphatic hydroxyl groups excluding tert-OH is 1. The van der Waals surface area contributed by atoms with Crippen molar-refractivity contribution in [2.24, 2.45) is 0 Å². The number of hydrogen-bond donors (Lipinski definition) is 2. The Kier molecular flexibility index (Phi) is 4.26. The molecule has 26 heavy (non-hydrogen) atoms. The van der Waals surface area contributed by atoms with Gasteiger partial charge in [-0.1, -0.05) is 0 Å². The van der Waals surface area contributed by atoms with Gasteiger partial charge in [-0.05, 0) is 45.2 Å². The predicted octanol–water partition coefficient (Wildman–Crippen LogP) is 1.20. The van der Waals surface area contributed by atoms with E-state index in [1.54, 1.807) is 0 Å². The van der Waals surface area contributed by atoms with Crippen LogP contribution in [0.15, 0.2) is 6.07 Å². The molecule has 142 valence electrons. The Bertz CT molecular complexity index is 647. The van der Waals surface area contributed by atoms with Gasteiger partial charge in [0.05, 0.1) is 18.4 Å². The summed E-state index contributed by atoms with van der Waals surface area (Å²) in [5.74, 6) is 2.02. The lowest BCUT2D eigenvalue weighted by Crippen LogP contribution is -2.51. The highest BCUT2D eigenvalue weighted by molar-refractivity contribution is 5.47. The number of ether oxygens (including phenoxy) is 1. The number of nitrogens with one attached hydrogen (secondary N) is 1. The summed E-state index contributed by atoms with van der Waals surface area (Å²) in [6.07, 6.45) is 5.98. The Morgan fingerprint density at radius 1 is 1.23 bits per heavy atom. The number of aliphatic hydroxyl groups is 1. The van der Waals surface area contributed by atoms with Crippen LogP contribution in [0, 0.1) is 0 Å². The summed E-state index contributed by atoms with van der Waals surface area (Å²) in [5.41, 5.74) is 1.40. The van der Waals surface area contributed by atoms with Crippen LogP contribution in [-0.4, -0.2) is 77.6 Å². The van der Waals surface area contributed by atoms with E-state index in [4.69, 9.17) is 14.7 Å². The second kappa shape index (κ2) is 6.62. The maximum Gasteiger partial charge on any atom is 0.227 e. The summed E-state index contributed by atoms with van der Waals surface area (Å²) in [7, 11) is 0. The molecule has 4 aliphatic heterocycles. The van der Waals surface area contributed by atoms with Crippen molar-refractivity contribution in [1.82, 2.24) is 14.9 Å². The van der Waals surface area contributed by atoms with Crippen LogP contribution in [0.3, 0.4) is 0 Å². The molecule has 0 unspecified atom stereocenters. The molecule has 0 spiro atoms. The first-order chi connectivity index (χ1) is 12.7. The number of fused-ring (bicyclic) bond motifs is 1. The molecule has 0 aliphatic carbocycles. The lowest BCUT2D eigenvalue weighted by Gasteiger charge is -2.36. The van der Waals surface area contributed by atoms with E-state index < -0.39 is 0 Å². The van der Waals surface area contributed by atoms with Crippen molar-refractivity contribution in [3.63, 3.8) is 0 Å². The molecule has 4 aliphatic rings. The fraction of sp³-hybridized carbons (Fsp3) is 0.789. The van der Waals surface area contributed by atoms with Crippen LogP contribution in [0.4, 0.5) is 11.8 Å². The van der Waals surface area contributed by atoms with Crippen molar-refractivity contribution in [3.05, 3.63) is 11.8 Å². The van der Waals surface area contributed by atoms with E-state index in [-0.39, 0.29) is 6.10 Å². The van der Waals surface area contributed by atoms with Gasteiger partial charge in [-0.15, -0.1) is 0 Å². The third-order valence-electron chi connectivity index (χ3n) is 6.64. The van der Waals surface area contributed by atoms with Crippen LogP contribution in [0.1, 0.15) is 43.7 Å².